The molecule has 0 radical (unpaired) electrons. The van der Waals surface area contributed by atoms with Crippen LogP contribution >= 0.6 is 0 Å². The van der Waals surface area contributed by atoms with Gasteiger partial charge in [0.2, 0.25) is 17.7 Å². The van der Waals surface area contributed by atoms with Crippen LogP contribution in [0.1, 0.15) is 70.8 Å². The standard InChI is InChI=1S/C30H46N4O5/c1-19-18-32-27(22-14-15-22)30(38)34(3)20(2)28(36)33-24(17-23-10-4-6-12-25(23)35)29(37)31-16-8-11-21-9-5-7-13-26(21)39-19/h4,6,10,12,19-22,24,26-27,32,35H,5,7-9,11,13-18H2,1-3H3,(H,31,37)(H,33,36)/t19-,20-,21?,24-,26?,27+/m1/s1. The third-order valence-electron chi connectivity index (χ3n) is 8.64. The van der Waals surface area contributed by atoms with E-state index in [1.165, 1.54) is 11.3 Å². The minimum absolute atomic E-state index is 0.0237. The van der Waals surface area contributed by atoms with E-state index in [9.17, 15) is 19.5 Å². The van der Waals surface area contributed by atoms with Crippen LogP contribution in [0.15, 0.2) is 24.3 Å². The largest absolute Gasteiger partial charge is 0.508 e. The average Bonchev–Trinajstić information content (AvgIpc) is 3.76. The summed E-state index contributed by atoms with van der Waals surface area (Å²) < 4.78 is 6.50. The maximum Gasteiger partial charge on any atom is 0.243 e. The molecule has 0 spiro atoms. The van der Waals surface area contributed by atoms with E-state index in [0.717, 1.165) is 44.9 Å². The summed E-state index contributed by atoms with van der Waals surface area (Å²) in [7, 11) is 1.65. The predicted octanol–water partition coefficient (Wildman–Crippen LogP) is 2.51. The molecule has 9 nitrogen and oxygen atoms in total. The van der Waals surface area contributed by atoms with Gasteiger partial charge in [0, 0.05) is 26.6 Å². The number of hydrogen-bond donors (Lipinski definition) is 4. The Morgan fingerprint density at radius 3 is 2.41 bits per heavy atom. The van der Waals surface area contributed by atoms with Gasteiger partial charge in [0.15, 0.2) is 0 Å². The minimum Gasteiger partial charge on any atom is -0.508 e. The highest BCUT2D eigenvalue weighted by atomic mass is 16.5. The second-order valence-electron chi connectivity index (χ2n) is 11.7. The summed E-state index contributed by atoms with van der Waals surface area (Å²) in [4.78, 5) is 41.6. The molecule has 39 heavy (non-hydrogen) atoms. The van der Waals surface area contributed by atoms with Gasteiger partial charge in [0.1, 0.15) is 17.8 Å². The maximum atomic E-state index is 13.5. The van der Waals surface area contributed by atoms with E-state index in [1.807, 2.05) is 0 Å². The number of nitrogens with zero attached hydrogens (tertiary/aromatic N) is 1. The highest BCUT2D eigenvalue weighted by Crippen LogP contribution is 2.34. The van der Waals surface area contributed by atoms with E-state index in [2.05, 4.69) is 22.9 Å². The second-order valence-corrected chi connectivity index (χ2v) is 11.7. The average molecular weight is 543 g/mol. The Morgan fingerprint density at radius 1 is 0.949 bits per heavy atom. The first-order valence-electron chi connectivity index (χ1n) is 14.7. The highest BCUT2D eigenvalue weighted by molar-refractivity contribution is 5.93. The molecule has 3 amide bonds. The molecule has 0 aromatic heterocycles. The maximum absolute atomic E-state index is 13.5. The van der Waals surface area contributed by atoms with Gasteiger partial charge >= 0.3 is 0 Å². The number of carbonyl (C=O) groups is 3. The molecule has 0 bridgehead atoms. The lowest BCUT2D eigenvalue weighted by Gasteiger charge is -2.35. The summed E-state index contributed by atoms with van der Waals surface area (Å²) in [5.41, 5.74) is 0.575. The predicted molar refractivity (Wildman–Crippen MR) is 149 cm³/mol. The fourth-order valence-corrected chi connectivity index (χ4v) is 5.90. The van der Waals surface area contributed by atoms with Gasteiger partial charge in [-0.25, -0.2) is 0 Å². The fourth-order valence-electron chi connectivity index (χ4n) is 5.90. The molecule has 4 N–H and O–H groups in total. The van der Waals surface area contributed by atoms with Crippen LogP contribution < -0.4 is 16.0 Å². The van der Waals surface area contributed by atoms with Gasteiger partial charge in [-0.1, -0.05) is 31.0 Å². The Morgan fingerprint density at radius 2 is 1.67 bits per heavy atom. The van der Waals surface area contributed by atoms with Crippen molar-refractivity contribution in [2.45, 2.75) is 102 Å². The van der Waals surface area contributed by atoms with Crippen molar-refractivity contribution in [1.82, 2.24) is 20.9 Å². The Hall–Kier alpha value is -2.65. The summed E-state index contributed by atoms with van der Waals surface area (Å²) in [6, 6.07) is 4.82. The van der Waals surface area contributed by atoms with E-state index >= 15 is 0 Å². The zero-order valence-electron chi connectivity index (χ0n) is 23.7. The fraction of sp³-hybridized carbons (Fsp3) is 0.700. The van der Waals surface area contributed by atoms with Gasteiger partial charge in [-0.05, 0) is 75.8 Å². The van der Waals surface area contributed by atoms with Crippen molar-refractivity contribution in [2.24, 2.45) is 11.8 Å². The molecule has 2 aliphatic carbocycles. The lowest BCUT2D eigenvalue weighted by molar-refractivity contribution is -0.141. The van der Waals surface area contributed by atoms with Gasteiger partial charge in [0.25, 0.3) is 0 Å². The van der Waals surface area contributed by atoms with Crippen molar-refractivity contribution in [3.05, 3.63) is 29.8 Å². The van der Waals surface area contributed by atoms with Gasteiger partial charge < -0.3 is 30.7 Å². The van der Waals surface area contributed by atoms with Crippen molar-refractivity contribution < 1.29 is 24.2 Å². The number of ether oxygens (including phenoxy) is 1. The second kappa shape index (κ2) is 13.6. The topological polar surface area (TPSA) is 120 Å². The Labute approximate surface area is 232 Å². The molecule has 4 rings (SSSR count). The van der Waals surface area contributed by atoms with Crippen LogP contribution in [0.2, 0.25) is 0 Å². The van der Waals surface area contributed by atoms with Crippen molar-refractivity contribution in [2.75, 3.05) is 20.1 Å². The normalized spacial score (nSPS) is 32.4. The zero-order chi connectivity index (χ0) is 27.9. The van der Waals surface area contributed by atoms with E-state index in [-0.39, 0.29) is 48.2 Å². The Kier molecular flexibility index (Phi) is 10.2. The lowest BCUT2D eigenvalue weighted by Crippen LogP contribution is -2.57. The number of nitrogens with one attached hydrogen (secondary N) is 3. The molecule has 1 aromatic rings. The van der Waals surface area contributed by atoms with Crippen molar-refractivity contribution in [3.63, 3.8) is 0 Å². The molecule has 3 aliphatic rings. The van der Waals surface area contributed by atoms with Crippen molar-refractivity contribution >= 4 is 17.7 Å². The molecular formula is C30H46N4O5. The molecule has 6 atom stereocenters. The number of aromatic hydroxyl groups is 1. The van der Waals surface area contributed by atoms with Crippen molar-refractivity contribution in [3.8, 4) is 5.75 Å². The van der Waals surface area contributed by atoms with Gasteiger partial charge in [0.05, 0.1) is 18.2 Å². The first-order valence-corrected chi connectivity index (χ1v) is 14.7. The van der Waals surface area contributed by atoms with E-state index in [4.69, 9.17) is 4.74 Å². The molecule has 1 heterocycles. The molecular weight excluding hydrogens is 496 g/mol. The number of rotatable bonds is 3. The van der Waals surface area contributed by atoms with Crippen LogP contribution in [-0.4, -0.2) is 78.2 Å². The van der Waals surface area contributed by atoms with Crippen LogP contribution in [0.4, 0.5) is 0 Å². The Bertz CT molecular complexity index is 999. The van der Waals surface area contributed by atoms with Crippen LogP contribution in [0.3, 0.4) is 0 Å². The number of para-hydroxylation sites is 1. The van der Waals surface area contributed by atoms with Gasteiger partial charge in [-0.15, -0.1) is 0 Å². The molecule has 9 heteroatoms. The monoisotopic (exact) mass is 542 g/mol. The lowest BCUT2D eigenvalue weighted by atomic mass is 9.83. The van der Waals surface area contributed by atoms with Crippen LogP contribution in [0.25, 0.3) is 0 Å². The highest BCUT2D eigenvalue weighted by Gasteiger charge is 2.40. The van der Waals surface area contributed by atoms with Crippen molar-refractivity contribution in [1.29, 1.82) is 0 Å². The summed E-state index contributed by atoms with van der Waals surface area (Å²) in [5.74, 6) is -0.0343. The number of hydrogen-bond acceptors (Lipinski definition) is 6. The zero-order valence-corrected chi connectivity index (χ0v) is 23.7. The minimum atomic E-state index is -0.875. The van der Waals surface area contributed by atoms with Crippen LogP contribution in [0, 0.1) is 11.8 Å². The number of benzene rings is 1. The molecule has 3 fully saturated rings. The molecule has 1 aromatic carbocycles. The quantitative estimate of drug-likeness (QED) is 0.466. The summed E-state index contributed by atoms with van der Waals surface area (Å²) in [6.45, 7) is 4.84. The summed E-state index contributed by atoms with van der Waals surface area (Å²) >= 11 is 0. The first kappa shape index (κ1) is 29.3. The third kappa shape index (κ3) is 7.94. The molecule has 2 unspecified atom stereocenters. The molecule has 216 valence electrons. The molecule has 2 saturated carbocycles. The van der Waals surface area contributed by atoms with Crippen LogP contribution in [0.5, 0.6) is 5.75 Å². The number of carbonyl (C=O) groups excluding carboxylic acids is 3. The number of likely N-dealkylation sites (N-methyl/N-ethyl adjacent to an activating group) is 1. The Balaban J connectivity index is 1.53. The van der Waals surface area contributed by atoms with E-state index in [0.29, 0.717) is 24.6 Å². The number of phenols is 1. The number of phenolic OH excluding ortho intramolecular Hbond substituents is 1. The smallest absolute Gasteiger partial charge is 0.243 e. The SMILES string of the molecule is C[C@@H]1CN[C@@H](C2CC2)C(=O)N(C)[C@H](C)C(=O)N[C@H](Cc2ccccc2O)C(=O)NCCCC2CCCCC2O1. The third-order valence-corrected chi connectivity index (χ3v) is 8.64. The van der Waals surface area contributed by atoms with E-state index in [1.54, 1.807) is 38.2 Å². The number of amides is 3. The van der Waals surface area contributed by atoms with Gasteiger partial charge in [-0.2, -0.15) is 0 Å². The van der Waals surface area contributed by atoms with E-state index < -0.39 is 18.0 Å². The first-order chi connectivity index (χ1) is 18.7. The molecule has 1 aliphatic heterocycles. The summed E-state index contributed by atoms with van der Waals surface area (Å²) in [5, 5.41) is 19.6. The number of fused-ring (bicyclic) bond motifs is 1. The van der Waals surface area contributed by atoms with Gasteiger partial charge in [-0.3, -0.25) is 14.4 Å². The van der Waals surface area contributed by atoms with Crippen LogP contribution in [-0.2, 0) is 25.5 Å². The molecule has 1 saturated heterocycles. The summed E-state index contributed by atoms with van der Waals surface area (Å²) in [6.07, 6.45) is 8.61.